The highest BCUT2D eigenvalue weighted by Crippen LogP contribution is 2.24. The molecule has 0 spiro atoms. The number of carbonyl (C=O) groups excluding carboxylic acids is 1. The Labute approximate surface area is 158 Å². The minimum atomic E-state index is -0.117. The van der Waals surface area contributed by atoms with Gasteiger partial charge in [-0.05, 0) is 24.6 Å². The van der Waals surface area contributed by atoms with Gasteiger partial charge in [0.1, 0.15) is 0 Å². The molecule has 0 bridgehead atoms. The molecule has 7 heteroatoms. The number of amides is 1. The Kier molecular flexibility index (Phi) is 4.70. The van der Waals surface area contributed by atoms with Crippen LogP contribution in [0.4, 0.5) is 5.69 Å². The number of fused-ring (bicyclic) bond motifs is 1. The summed E-state index contributed by atoms with van der Waals surface area (Å²) in [6.45, 7) is 3.58. The van der Waals surface area contributed by atoms with Crippen LogP contribution in [-0.4, -0.2) is 64.8 Å². The van der Waals surface area contributed by atoms with Gasteiger partial charge in [0.2, 0.25) is 5.91 Å². The Hall–Kier alpha value is -2.67. The fourth-order valence-corrected chi connectivity index (χ4v) is 3.96. The van der Waals surface area contributed by atoms with Crippen molar-refractivity contribution in [3.8, 4) is 0 Å². The van der Waals surface area contributed by atoms with Gasteiger partial charge in [0.05, 0.1) is 17.9 Å². The van der Waals surface area contributed by atoms with Crippen molar-refractivity contribution >= 4 is 11.6 Å². The van der Waals surface area contributed by atoms with Gasteiger partial charge < -0.3 is 9.80 Å². The Balaban J connectivity index is 1.41. The van der Waals surface area contributed by atoms with Gasteiger partial charge >= 0.3 is 0 Å². The number of rotatable bonds is 2. The monoisotopic (exact) mass is 367 g/mol. The number of hydrogen-bond donors (Lipinski definition) is 0. The van der Waals surface area contributed by atoms with Crippen LogP contribution < -0.4 is 10.5 Å². The lowest BCUT2D eigenvalue weighted by Crippen LogP contribution is -2.55. The molecule has 1 aromatic heterocycles. The Bertz CT molecular complexity index is 901. The van der Waals surface area contributed by atoms with Crippen molar-refractivity contribution in [2.45, 2.75) is 19.0 Å². The van der Waals surface area contributed by atoms with Crippen LogP contribution in [0.25, 0.3) is 0 Å². The molecule has 142 valence electrons. The smallest absolute Gasteiger partial charge is 0.268 e. The highest BCUT2D eigenvalue weighted by Gasteiger charge is 2.33. The van der Waals surface area contributed by atoms with E-state index in [1.165, 1.54) is 15.8 Å². The van der Waals surface area contributed by atoms with Gasteiger partial charge in [0, 0.05) is 45.8 Å². The van der Waals surface area contributed by atoms with E-state index in [0.717, 1.165) is 18.7 Å². The van der Waals surface area contributed by atoms with Crippen molar-refractivity contribution in [2.24, 2.45) is 7.05 Å². The number of carbonyl (C=O) groups is 1. The third-order valence-electron chi connectivity index (χ3n) is 5.68. The molecule has 0 unspecified atom stereocenters. The highest BCUT2D eigenvalue weighted by atomic mass is 16.2. The molecule has 27 heavy (non-hydrogen) atoms. The summed E-state index contributed by atoms with van der Waals surface area (Å²) in [5.41, 5.74) is 3.30. The average molecular weight is 367 g/mol. The summed E-state index contributed by atoms with van der Waals surface area (Å²) in [4.78, 5) is 31.2. The SMILES string of the molecule is CN1Cc2ccccc2C[C@H]1C(=O)N1CCN(c2cnn(C)c(=O)c2)CC1. The number of benzene rings is 1. The fourth-order valence-electron chi connectivity index (χ4n) is 3.96. The zero-order valence-corrected chi connectivity index (χ0v) is 15.8. The van der Waals surface area contributed by atoms with Crippen LogP contribution in [0.2, 0.25) is 0 Å². The minimum Gasteiger partial charge on any atom is -0.367 e. The van der Waals surface area contributed by atoms with E-state index in [9.17, 15) is 9.59 Å². The van der Waals surface area contributed by atoms with Crippen LogP contribution >= 0.6 is 0 Å². The lowest BCUT2D eigenvalue weighted by Gasteiger charge is -2.40. The first-order valence-electron chi connectivity index (χ1n) is 9.37. The molecule has 4 rings (SSSR count). The van der Waals surface area contributed by atoms with Crippen LogP contribution in [0.3, 0.4) is 0 Å². The Morgan fingerprint density at radius 2 is 1.78 bits per heavy atom. The normalized spacial score (nSPS) is 20.4. The molecule has 7 nitrogen and oxygen atoms in total. The van der Waals surface area contributed by atoms with Gasteiger partial charge in [0.15, 0.2) is 0 Å². The first kappa shape index (κ1) is 17.7. The molecule has 1 atom stereocenters. The fraction of sp³-hybridized carbons (Fsp3) is 0.450. The third kappa shape index (κ3) is 3.47. The largest absolute Gasteiger partial charge is 0.367 e. The molecule has 1 fully saturated rings. The topological polar surface area (TPSA) is 61.7 Å². The summed E-state index contributed by atoms with van der Waals surface area (Å²) < 4.78 is 1.32. The molecular weight excluding hydrogens is 342 g/mol. The first-order chi connectivity index (χ1) is 13.0. The van der Waals surface area contributed by atoms with Crippen molar-refractivity contribution in [2.75, 3.05) is 38.1 Å². The van der Waals surface area contributed by atoms with Crippen molar-refractivity contribution in [3.63, 3.8) is 0 Å². The van der Waals surface area contributed by atoms with E-state index in [-0.39, 0.29) is 17.5 Å². The molecule has 3 heterocycles. The van der Waals surface area contributed by atoms with E-state index in [2.05, 4.69) is 33.1 Å². The minimum absolute atomic E-state index is 0.0999. The number of aryl methyl sites for hydroxylation is 1. The second kappa shape index (κ2) is 7.15. The van der Waals surface area contributed by atoms with E-state index in [4.69, 9.17) is 0 Å². The van der Waals surface area contributed by atoms with Gasteiger partial charge in [-0.2, -0.15) is 5.10 Å². The van der Waals surface area contributed by atoms with Gasteiger partial charge in [-0.25, -0.2) is 4.68 Å². The summed E-state index contributed by atoms with van der Waals surface area (Å²) >= 11 is 0. The summed E-state index contributed by atoms with van der Waals surface area (Å²) in [5.74, 6) is 0.203. The maximum absolute atomic E-state index is 13.1. The van der Waals surface area contributed by atoms with E-state index < -0.39 is 0 Å². The molecule has 2 aliphatic heterocycles. The Morgan fingerprint density at radius 1 is 1.07 bits per heavy atom. The van der Waals surface area contributed by atoms with E-state index in [0.29, 0.717) is 26.2 Å². The quantitative estimate of drug-likeness (QED) is 0.773. The zero-order chi connectivity index (χ0) is 19.0. The van der Waals surface area contributed by atoms with Crippen LogP contribution in [0.5, 0.6) is 0 Å². The lowest BCUT2D eigenvalue weighted by atomic mass is 9.93. The average Bonchev–Trinajstić information content (AvgIpc) is 2.69. The molecule has 2 aromatic rings. The lowest BCUT2D eigenvalue weighted by molar-refractivity contribution is -0.137. The first-order valence-corrected chi connectivity index (χ1v) is 9.37. The van der Waals surface area contributed by atoms with Crippen molar-refractivity contribution < 1.29 is 4.79 Å². The van der Waals surface area contributed by atoms with E-state index >= 15 is 0 Å². The van der Waals surface area contributed by atoms with Crippen LogP contribution in [0.1, 0.15) is 11.1 Å². The number of piperazine rings is 1. The van der Waals surface area contributed by atoms with Gasteiger partial charge in [-0.3, -0.25) is 14.5 Å². The third-order valence-corrected chi connectivity index (χ3v) is 5.68. The van der Waals surface area contributed by atoms with Crippen LogP contribution in [0, 0.1) is 0 Å². The van der Waals surface area contributed by atoms with Gasteiger partial charge in [-0.1, -0.05) is 24.3 Å². The molecular formula is C20H25N5O2. The maximum atomic E-state index is 13.1. The molecule has 1 amide bonds. The van der Waals surface area contributed by atoms with Crippen molar-refractivity contribution in [3.05, 3.63) is 58.0 Å². The summed E-state index contributed by atoms with van der Waals surface area (Å²) in [5, 5.41) is 4.09. The standard InChI is InChI=1S/C20H25N5O2/c1-22-14-16-6-4-3-5-15(16)11-18(22)20(27)25-9-7-24(8-10-25)17-12-19(26)23(2)21-13-17/h3-6,12-13,18H,7-11,14H2,1-2H3/t18-/m0/s1. The molecule has 0 saturated carbocycles. The molecule has 1 saturated heterocycles. The second-order valence-corrected chi connectivity index (χ2v) is 7.39. The number of aromatic nitrogens is 2. The number of nitrogens with zero attached hydrogens (tertiary/aromatic N) is 5. The highest BCUT2D eigenvalue weighted by molar-refractivity contribution is 5.83. The number of anilines is 1. The maximum Gasteiger partial charge on any atom is 0.268 e. The molecule has 1 aromatic carbocycles. The van der Waals surface area contributed by atoms with E-state index in [1.54, 1.807) is 19.3 Å². The van der Waals surface area contributed by atoms with E-state index in [1.807, 2.05) is 18.0 Å². The molecule has 0 N–H and O–H groups in total. The van der Waals surface area contributed by atoms with Crippen LogP contribution in [-0.2, 0) is 24.8 Å². The van der Waals surface area contributed by atoms with Gasteiger partial charge in [-0.15, -0.1) is 0 Å². The second-order valence-electron chi connectivity index (χ2n) is 7.39. The van der Waals surface area contributed by atoms with Crippen LogP contribution in [0.15, 0.2) is 41.3 Å². The number of hydrogen-bond acceptors (Lipinski definition) is 5. The van der Waals surface area contributed by atoms with Crippen molar-refractivity contribution in [1.29, 1.82) is 0 Å². The molecule has 2 aliphatic rings. The summed E-state index contributed by atoms with van der Waals surface area (Å²) in [6, 6.07) is 9.88. The zero-order valence-electron chi connectivity index (χ0n) is 15.8. The predicted molar refractivity (Wildman–Crippen MR) is 104 cm³/mol. The number of likely N-dealkylation sites (N-methyl/N-ethyl adjacent to an activating group) is 1. The Morgan fingerprint density at radius 3 is 2.48 bits per heavy atom. The van der Waals surface area contributed by atoms with Gasteiger partial charge in [0.25, 0.3) is 5.56 Å². The molecule has 0 radical (unpaired) electrons. The summed E-state index contributed by atoms with van der Waals surface area (Å²) in [7, 11) is 3.67. The molecule has 0 aliphatic carbocycles. The predicted octanol–water partition coefficient (Wildman–Crippen LogP) is 0.486. The van der Waals surface area contributed by atoms with Crippen molar-refractivity contribution in [1.82, 2.24) is 19.6 Å². The summed E-state index contributed by atoms with van der Waals surface area (Å²) in [6.07, 6.45) is 2.48.